The zero-order valence-electron chi connectivity index (χ0n) is 8.70. The number of nitrogens with two attached hydrogens (primary N) is 1. The quantitative estimate of drug-likeness (QED) is 0.834. The molecule has 2 N–H and O–H groups in total. The smallest absolute Gasteiger partial charge is 0.149 e. The van der Waals surface area contributed by atoms with Crippen molar-refractivity contribution >= 4 is 10.9 Å². The van der Waals surface area contributed by atoms with Crippen molar-refractivity contribution in [3.05, 3.63) is 29.7 Å². The molecule has 1 aromatic heterocycles. The number of para-hydroxylation sites is 1. The van der Waals surface area contributed by atoms with Crippen molar-refractivity contribution in [2.75, 3.05) is 6.54 Å². The molecule has 0 aliphatic heterocycles. The van der Waals surface area contributed by atoms with E-state index in [4.69, 9.17) is 5.73 Å². The summed E-state index contributed by atoms with van der Waals surface area (Å²) in [6, 6.07) is 5.06. The summed E-state index contributed by atoms with van der Waals surface area (Å²) >= 11 is 0. The minimum Gasteiger partial charge on any atom is -0.330 e. The Morgan fingerprint density at radius 2 is 2.27 bits per heavy atom. The molecule has 0 bridgehead atoms. The van der Waals surface area contributed by atoms with E-state index < -0.39 is 0 Å². The van der Waals surface area contributed by atoms with Crippen LogP contribution >= 0.6 is 0 Å². The molecule has 0 unspecified atom stereocenters. The fourth-order valence-electron chi connectivity index (χ4n) is 1.76. The first kappa shape index (κ1) is 10.1. The zero-order chi connectivity index (χ0) is 10.8. The van der Waals surface area contributed by atoms with Crippen LogP contribution < -0.4 is 5.73 Å². The van der Waals surface area contributed by atoms with E-state index in [-0.39, 0.29) is 5.82 Å². The van der Waals surface area contributed by atoms with Gasteiger partial charge in [0.05, 0.1) is 5.69 Å². The highest BCUT2D eigenvalue weighted by Crippen LogP contribution is 2.20. The van der Waals surface area contributed by atoms with E-state index in [0.29, 0.717) is 18.6 Å². The number of aryl methyl sites for hydroxylation is 2. The molecule has 3 nitrogen and oxygen atoms in total. The Kier molecular flexibility index (Phi) is 2.68. The van der Waals surface area contributed by atoms with Crippen molar-refractivity contribution in [3.8, 4) is 0 Å². The third-order valence-corrected chi connectivity index (χ3v) is 2.48. The third kappa shape index (κ3) is 1.72. The van der Waals surface area contributed by atoms with Crippen LogP contribution in [-0.4, -0.2) is 16.3 Å². The molecule has 15 heavy (non-hydrogen) atoms. The highest BCUT2D eigenvalue weighted by atomic mass is 19.1. The van der Waals surface area contributed by atoms with Gasteiger partial charge in [-0.05, 0) is 26.0 Å². The summed E-state index contributed by atoms with van der Waals surface area (Å²) in [5.41, 5.74) is 6.88. The molecule has 0 saturated heterocycles. The van der Waals surface area contributed by atoms with Gasteiger partial charge in [0.2, 0.25) is 0 Å². The summed E-state index contributed by atoms with van der Waals surface area (Å²) in [4.78, 5) is 0. The number of hydrogen-bond donors (Lipinski definition) is 1. The van der Waals surface area contributed by atoms with Crippen molar-refractivity contribution in [2.24, 2.45) is 5.73 Å². The molecule has 0 spiro atoms. The summed E-state index contributed by atoms with van der Waals surface area (Å²) < 4.78 is 15.3. The molecule has 2 aromatic rings. The molecule has 0 fully saturated rings. The topological polar surface area (TPSA) is 43.8 Å². The molecule has 1 aromatic carbocycles. The van der Waals surface area contributed by atoms with E-state index in [0.717, 1.165) is 17.5 Å². The molecule has 2 rings (SSSR count). The van der Waals surface area contributed by atoms with Crippen LogP contribution in [0, 0.1) is 12.7 Å². The van der Waals surface area contributed by atoms with Crippen molar-refractivity contribution in [1.29, 1.82) is 0 Å². The molecular formula is C11H14FN3. The number of aromatic nitrogens is 2. The van der Waals surface area contributed by atoms with Gasteiger partial charge in [-0.1, -0.05) is 12.1 Å². The van der Waals surface area contributed by atoms with Gasteiger partial charge in [0.25, 0.3) is 0 Å². The predicted molar refractivity (Wildman–Crippen MR) is 58.1 cm³/mol. The first-order valence-corrected chi connectivity index (χ1v) is 5.05. The van der Waals surface area contributed by atoms with Crippen LogP contribution in [0.5, 0.6) is 0 Å². The lowest BCUT2D eigenvalue weighted by Crippen LogP contribution is -2.07. The molecule has 0 aliphatic rings. The maximum Gasteiger partial charge on any atom is 0.149 e. The lowest BCUT2D eigenvalue weighted by atomic mass is 10.2. The normalized spacial score (nSPS) is 11.1. The number of halogens is 1. The molecule has 0 saturated carbocycles. The standard InChI is InChI=1S/C11H14FN3/c1-8-9-4-2-5-10(12)11(9)15(14-8)7-3-6-13/h2,4-5H,3,6-7,13H2,1H3. The SMILES string of the molecule is Cc1nn(CCCN)c2c(F)cccc12. The minimum atomic E-state index is -0.217. The number of rotatable bonds is 3. The van der Waals surface area contributed by atoms with Crippen LogP contribution in [0.25, 0.3) is 10.9 Å². The molecule has 0 amide bonds. The maximum atomic E-state index is 13.6. The number of nitrogens with zero attached hydrogens (tertiary/aromatic N) is 2. The van der Waals surface area contributed by atoms with E-state index in [9.17, 15) is 4.39 Å². The van der Waals surface area contributed by atoms with Gasteiger partial charge in [-0.3, -0.25) is 4.68 Å². The van der Waals surface area contributed by atoms with Crippen LogP contribution in [-0.2, 0) is 6.54 Å². The van der Waals surface area contributed by atoms with Gasteiger partial charge in [0.1, 0.15) is 11.3 Å². The highest BCUT2D eigenvalue weighted by molar-refractivity contribution is 5.82. The Morgan fingerprint density at radius 3 is 3.00 bits per heavy atom. The Hall–Kier alpha value is -1.42. The van der Waals surface area contributed by atoms with Crippen LogP contribution in [0.4, 0.5) is 4.39 Å². The summed E-state index contributed by atoms with van der Waals surface area (Å²) in [6.45, 7) is 3.15. The van der Waals surface area contributed by atoms with Crippen LogP contribution in [0.3, 0.4) is 0 Å². The van der Waals surface area contributed by atoms with Gasteiger partial charge in [-0.2, -0.15) is 5.10 Å². The van der Waals surface area contributed by atoms with Crippen molar-refractivity contribution in [2.45, 2.75) is 19.9 Å². The van der Waals surface area contributed by atoms with Gasteiger partial charge in [0, 0.05) is 11.9 Å². The van der Waals surface area contributed by atoms with Gasteiger partial charge in [0.15, 0.2) is 0 Å². The third-order valence-electron chi connectivity index (χ3n) is 2.48. The largest absolute Gasteiger partial charge is 0.330 e. The predicted octanol–water partition coefficient (Wildman–Crippen LogP) is 1.83. The van der Waals surface area contributed by atoms with Crippen molar-refractivity contribution in [1.82, 2.24) is 9.78 Å². The Labute approximate surface area is 87.7 Å². The van der Waals surface area contributed by atoms with Crippen molar-refractivity contribution < 1.29 is 4.39 Å². The number of fused-ring (bicyclic) bond motifs is 1. The first-order valence-electron chi connectivity index (χ1n) is 5.05. The van der Waals surface area contributed by atoms with Gasteiger partial charge in [-0.25, -0.2) is 4.39 Å². The average Bonchev–Trinajstić information content (AvgIpc) is 2.55. The molecule has 1 heterocycles. The summed E-state index contributed by atoms with van der Waals surface area (Å²) in [7, 11) is 0. The second kappa shape index (κ2) is 3.98. The lowest BCUT2D eigenvalue weighted by molar-refractivity contribution is 0.574. The molecule has 80 valence electrons. The van der Waals surface area contributed by atoms with E-state index in [1.54, 1.807) is 10.7 Å². The van der Waals surface area contributed by atoms with E-state index in [1.807, 2.05) is 13.0 Å². The summed E-state index contributed by atoms with van der Waals surface area (Å²) in [6.07, 6.45) is 0.810. The first-order chi connectivity index (χ1) is 7.24. The van der Waals surface area contributed by atoms with Crippen molar-refractivity contribution in [3.63, 3.8) is 0 Å². The molecular weight excluding hydrogens is 193 g/mol. The second-order valence-corrected chi connectivity index (χ2v) is 3.59. The summed E-state index contributed by atoms with van der Waals surface area (Å²) in [5.74, 6) is -0.217. The number of hydrogen-bond acceptors (Lipinski definition) is 2. The monoisotopic (exact) mass is 207 g/mol. The molecule has 4 heteroatoms. The van der Waals surface area contributed by atoms with Crippen LogP contribution in [0.2, 0.25) is 0 Å². The minimum absolute atomic E-state index is 0.217. The van der Waals surface area contributed by atoms with Crippen LogP contribution in [0.15, 0.2) is 18.2 Å². The lowest BCUT2D eigenvalue weighted by Gasteiger charge is -2.02. The van der Waals surface area contributed by atoms with E-state index >= 15 is 0 Å². The fourth-order valence-corrected chi connectivity index (χ4v) is 1.76. The Morgan fingerprint density at radius 1 is 1.47 bits per heavy atom. The van der Waals surface area contributed by atoms with E-state index in [2.05, 4.69) is 5.10 Å². The molecule has 0 radical (unpaired) electrons. The fraction of sp³-hybridized carbons (Fsp3) is 0.364. The molecule has 0 aliphatic carbocycles. The Bertz CT molecular complexity index is 476. The maximum absolute atomic E-state index is 13.6. The van der Waals surface area contributed by atoms with Gasteiger partial charge < -0.3 is 5.73 Å². The van der Waals surface area contributed by atoms with Gasteiger partial charge in [-0.15, -0.1) is 0 Å². The van der Waals surface area contributed by atoms with Crippen LogP contribution in [0.1, 0.15) is 12.1 Å². The zero-order valence-corrected chi connectivity index (χ0v) is 8.70. The van der Waals surface area contributed by atoms with Gasteiger partial charge >= 0.3 is 0 Å². The highest BCUT2D eigenvalue weighted by Gasteiger charge is 2.10. The average molecular weight is 207 g/mol. The second-order valence-electron chi connectivity index (χ2n) is 3.59. The summed E-state index contributed by atoms with van der Waals surface area (Å²) in [5, 5.41) is 5.19. The Balaban J connectivity index is 2.54. The molecule has 0 atom stereocenters. The number of benzene rings is 1. The van der Waals surface area contributed by atoms with E-state index in [1.165, 1.54) is 6.07 Å².